The van der Waals surface area contributed by atoms with Gasteiger partial charge in [0.2, 0.25) is 0 Å². The van der Waals surface area contributed by atoms with E-state index in [-0.39, 0.29) is 17.4 Å². The van der Waals surface area contributed by atoms with Gasteiger partial charge in [-0.3, -0.25) is 9.59 Å². The predicted octanol–water partition coefficient (Wildman–Crippen LogP) is 4.72. The van der Waals surface area contributed by atoms with E-state index >= 15 is 0 Å². The Balaban J connectivity index is 1.42. The van der Waals surface area contributed by atoms with Crippen LogP contribution in [-0.2, 0) is 7.05 Å². The molecule has 0 unspecified atom stereocenters. The van der Waals surface area contributed by atoms with Gasteiger partial charge in [-0.1, -0.05) is 54.2 Å². The topological polar surface area (TPSA) is 86.1 Å². The highest BCUT2D eigenvalue weighted by atomic mass is 32.2. The summed E-state index contributed by atoms with van der Waals surface area (Å²) in [5.41, 5.74) is 2.64. The summed E-state index contributed by atoms with van der Waals surface area (Å²) in [4.78, 5) is 24.9. The van der Waals surface area contributed by atoms with E-state index in [2.05, 4.69) is 15.5 Å². The molecule has 0 fully saturated rings. The molecule has 8 heteroatoms. The largest absolute Gasteiger partial charge is 0.496 e. The molecule has 4 aromatic rings. The van der Waals surface area contributed by atoms with Crippen molar-refractivity contribution < 1.29 is 14.3 Å². The third-order valence-corrected chi connectivity index (χ3v) is 6.04. The fraction of sp³-hybridized carbons (Fsp3) is 0.120. The first-order valence-corrected chi connectivity index (χ1v) is 11.2. The molecule has 0 spiro atoms. The van der Waals surface area contributed by atoms with Gasteiger partial charge < -0.3 is 14.6 Å². The number of nitrogens with zero attached hydrogens (tertiary/aromatic N) is 3. The highest BCUT2D eigenvalue weighted by molar-refractivity contribution is 7.99. The van der Waals surface area contributed by atoms with E-state index in [1.807, 2.05) is 60.1 Å². The Morgan fingerprint density at radius 1 is 0.939 bits per heavy atom. The minimum Gasteiger partial charge on any atom is -0.496 e. The molecule has 0 saturated heterocycles. The van der Waals surface area contributed by atoms with Crippen molar-refractivity contribution in [3.63, 3.8) is 0 Å². The van der Waals surface area contributed by atoms with E-state index in [1.165, 1.54) is 18.9 Å². The molecule has 0 bridgehead atoms. The number of carbonyl (C=O) groups excluding carboxylic acids is 2. The Bertz CT molecular complexity index is 1270. The number of aromatic nitrogens is 3. The van der Waals surface area contributed by atoms with Gasteiger partial charge >= 0.3 is 0 Å². The van der Waals surface area contributed by atoms with Crippen molar-refractivity contribution in [2.45, 2.75) is 5.16 Å². The monoisotopic (exact) mass is 458 g/mol. The van der Waals surface area contributed by atoms with Crippen molar-refractivity contribution in [2.24, 2.45) is 7.05 Å². The second-order valence-electron chi connectivity index (χ2n) is 7.17. The minimum absolute atomic E-state index is 0.0419. The molecule has 1 N–H and O–H groups in total. The summed E-state index contributed by atoms with van der Waals surface area (Å²) in [6.07, 6.45) is 0. The second kappa shape index (κ2) is 10.1. The van der Waals surface area contributed by atoms with Crippen LogP contribution < -0.4 is 10.1 Å². The smallest absolute Gasteiger partial charge is 0.259 e. The maximum atomic E-state index is 12.6. The highest BCUT2D eigenvalue weighted by Crippen LogP contribution is 2.25. The molecular formula is C25H22N4O3S. The molecule has 1 aromatic heterocycles. The number of hydrogen-bond donors (Lipinski definition) is 1. The Hall–Kier alpha value is -3.91. The molecule has 33 heavy (non-hydrogen) atoms. The molecule has 7 nitrogen and oxygen atoms in total. The molecule has 0 atom stereocenters. The summed E-state index contributed by atoms with van der Waals surface area (Å²) in [6, 6.07) is 23.6. The van der Waals surface area contributed by atoms with Crippen LogP contribution in [0.5, 0.6) is 5.75 Å². The summed E-state index contributed by atoms with van der Waals surface area (Å²) in [6.45, 7) is 0. The number of amides is 1. The zero-order chi connectivity index (χ0) is 23.2. The number of anilines is 1. The second-order valence-corrected chi connectivity index (χ2v) is 8.12. The number of hydrogen-bond acceptors (Lipinski definition) is 6. The van der Waals surface area contributed by atoms with Crippen LogP contribution in [0.4, 0.5) is 5.69 Å². The van der Waals surface area contributed by atoms with E-state index in [1.54, 1.807) is 30.3 Å². The minimum atomic E-state index is -0.249. The highest BCUT2D eigenvalue weighted by Gasteiger charge is 2.15. The Morgan fingerprint density at radius 3 is 2.36 bits per heavy atom. The summed E-state index contributed by atoms with van der Waals surface area (Å²) >= 11 is 1.35. The number of rotatable bonds is 8. The zero-order valence-electron chi connectivity index (χ0n) is 18.2. The van der Waals surface area contributed by atoms with Gasteiger partial charge in [-0.2, -0.15) is 0 Å². The number of benzene rings is 3. The van der Waals surface area contributed by atoms with Gasteiger partial charge in [0, 0.05) is 23.9 Å². The lowest BCUT2D eigenvalue weighted by atomic mass is 10.1. The number of thioether (sulfide) groups is 1. The first-order chi connectivity index (χ1) is 16.1. The number of methoxy groups -OCH3 is 1. The standard InChI is InChI=1S/C25H22N4O3S/c1-29-23(27-28-25(29)33-16-21(30)17-8-4-3-5-9-17)18-12-14-19(15-13-18)26-24(31)20-10-6-7-11-22(20)32-2/h3-15H,16H2,1-2H3,(H,26,31). The lowest BCUT2D eigenvalue weighted by molar-refractivity contribution is 0.101. The van der Waals surface area contributed by atoms with E-state index < -0.39 is 0 Å². The van der Waals surface area contributed by atoms with Crippen LogP contribution in [0, 0.1) is 0 Å². The maximum Gasteiger partial charge on any atom is 0.259 e. The third-order valence-electron chi connectivity index (χ3n) is 5.02. The Kier molecular flexibility index (Phi) is 6.85. The van der Waals surface area contributed by atoms with Gasteiger partial charge in [0.25, 0.3) is 5.91 Å². The van der Waals surface area contributed by atoms with E-state index in [0.717, 1.165) is 5.56 Å². The molecule has 166 valence electrons. The molecule has 0 aliphatic heterocycles. The van der Waals surface area contributed by atoms with Crippen LogP contribution >= 0.6 is 11.8 Å². The average Bonchev–Trinajstić information content (AvgIpc) is 3.23. The number of nitrogens with one attached hydrogen (secondary N) is 1. The lowest BCUT2D eigenvalue weighted by Gasteiger charge is -2.09. The molecule has 0 radical (unpaired) electrons. The van der Waals surface area contributed by atoms with Gasteiger partial charge in [-0.15, -0.1) is 10.2 Å². The number of carbonyl (C=O) groups is 2. The maximum absolute atomic E-state index is 12.6. The van der Waals surface area contributed by atoms with Gasteiger partial charge in [0.15, 0.2) is 16.8 Å². The third kappa shape index (κ3) is 5.12. The fourth-order valence-corrected chi connectivity index (χ4v) is 4.07. The molecule has 1 heterocycles. The average molecular weight is 459 g/mol. The van der Waals surface area contributed by atoms with Crippen molar-refractivity contribution in [2.75, 3.05) is 18.2 Å². The SMILES string of the molecule is COc1ccccc1C(=O)Nc1ccc(-c2nnc(SCC(=O)c3ccccc3)n2C)cc1. The zero-order valence-corrected chi connectivity index (χ0v) is 19.0. The van der Waals surface area contributed by atoms with E-state index in [9.17, 15) is 9.59 Å². The quantitative estimate of drug-likeness (QED) is 0.304. The molecule has 1 amide bonds. The molecule has 0 saturated carbocycles. The van der Waals surface area contributed by atoms with Crippen LogP contribution in [0.1, 0.15) is 20.7 Å². The van der Waals surface area contributed by atoms with Gasteiger partial charge in [0.1, 0.15) is 5.75 Å². The van der Waals surface area contributed by atoms with E-state index in [0.29, 0.717) is 33.5 Å². The van der Waals surface area contributed by atoms with Crippen molar-refractivity contribution in [1.82, 2.24) is 14.8 Å². The Labute approximate surface area is 195 Å². The first-order valence-electron chi connectivity index (χ1n) is 10.2. The number of para-hydroxylation sites is 1. The van der Waals surface area contributed by atoms with Crippen molar-refractivity contribution in [3.8, 4) is 17.1 Å². The fourth-order valence-electron chi connectivity index (χ4n) is 3.26. The molecule has 0 aliphatic carbocycles. The van der Waals surface area contributed by atoms with Gasteiger partial charge in [-0.05, 0) is 36.4 Å². The summed E-state index contributed by atoms with van der Waals surface area (Å²) in [7, 11) is 3.40. The van der Waals surface area contributed by atoms with Crippen LogP contribution in [0.15, 0.2) is 84.0 Å². The van der Waals surface area contributed by atoms with E-state index in [4.69, 9.17) is 4.74 Å². The Morgan fingerprint density at radius 2 is 1.64 bits per heavy atom. The van der Waals surface area contributed by atoms with Gasteiger partial charge in [-0.25, -0.2) is 0 Å². The van der Waals surface area contributed by atoms with Crippen molar-refractivity contribution >= 4 is 29.1 Å². The summed E-state index contributed by atoms with van der Waals surface area (Å²) in [5, 5.41) is 12.0. The van der Waals surface area contributed by atoms with Crippen molar-refractivity contribution in [1.29, 1.82) is 0 Å². The predicted molar refractivity (Wildman–Crippen MR) is 129 cm³/mol. The summed E-state index contributed by atoms with van der Waals surface area (Å²) < 4.78 is 7.11. The first kappa shape index (κ1) is 22.3. The van der Waals surface area contributed by atoms with Crippen LogP contribution in [0.2, 0.25) is 0 Å². The number of ether oxygens (including phenoxy) is 1. The van der Waals surface area contributed by atoms with Crippen LogP contribution in [0.3, 0.4) is 0 Å². The lowest BCUT2D eigenvalue weighted by Crippen LogP contribution is -2.13. The molecule has 0 aliphatic rings. The summed E-state index contributed by atoms with van der Waals surface area (Å²) in [5.74, 6) is 1.26. The van der Waals surface area contributed by atoms with Crippen molar-refractivity contribution in [3.05, 3.63) is 90.0 Å². The molecular weight excluding hydrogens is 436 g/mol. The van der Waals surface area contributed by atoms with Gasteiger partial charge in [0.05, 0.1) is 18.4 Å². The number of Topliss-reactive ketones (excluding diaryl/α,β-unsaturated/α-hetero) is 1. The van der Waals surface area contributed by atoms with Crippen LogP contribution in [-0.4, -0.2) is 39.3 Å². The molecule has 3 aromatic carbocycles. The normalized spacial score (nSPS) is 10.6. The number of ketones is 1. The van der Waals surface area contributed by atoms with Crippen LogP contribution in [0.25, 0.3) is 11.4 Å². The molecule has 4 rings (SSSR count).